The fourth-order valence-electron chi connectivity index (χ4n) is 8.98. The van der Waals surface area contributed by atoms with Crippen LogP contribution in [-0.4, -0.2) is 85.7 Å². The summed E-state index contributed by atoms with van der Waals surface area (Å²) in [5.74, 6) is 2.22. The van der Waals surface area contributed by atoms with Gasteiger partial charge in [0.05, 0.1) is 38.1 Å². The fourth-order valence-corrected chi connectivity index (χ4v) is 8.98. The largest absolute Gasteiger partial charge is 0.497 e. The molecule has 0 radical (unpaired) electrons. The first-order valence-corrected chi connectivity index (χ1v) is 19.7. The average molecular weight is 823 g/mol. The Balaban J connectivity index is 1.42. The van der Waals surface area contributed by atoms with Crippen molar-refractivity contribution in [1.82, 2.24) is 4.90 Å². The van der Waals surface area contributed by atoms with Crippen LogP contribution in [0.25, 0.3) is 0 Å². The molecule has 6 atom stereocenters. The van der Waals surface area contributed by atoms with E-state index in [0.29, 0.717) is 39.3 Å². The SMILES string of the molecule is COCCOC(=O)N1C(=O)[C@@]2(c3cc(C#Cc4ccc(OC)cc4)ccc31)[C@H](C(=O)O)[C@H]1C(=O)O[C@H](c3ccccc3)[C@H](c3ccccc3)N1[C@@H]2c1cccc(OCCO)c1. The van der Waals surface area contributed by atoms with Gasteiger partial charge in [0.15, 0.2) is 0 Å². The first-order chi connectivity index (χ1) is 29.7. The quantitative estimate of drug-likeness (QED) is 0.0910. The van der Waals surface area contributed by atoms with Crippen LogP contribution in [0.4, 0.5) is 10.5 Å². The second kappa shape index (κ2) is 17.3. The number of aliphatic carboxylic acids is 1. The third kappa shape index (κ3) is 7.24. The zero-order chi connectivity index (χ0) is 42.7. The molecule has 0 aromatic heterocycles. The number of methoxy groups -OCH3 is 2. The number of hydrogen-bond acceptors (Lipinski definition) is 11. The van der Waals surface area contributed by atoms with Crippen molar-refractivity contribution in [2.24, 2.45) is 5.92 Å². The van der Waals surface area contributed by atoms with E-state index in [-0.39, 0.29) is 37.7 Å². The molecule has 1 spiro atoms. The molecule has 8 rings (SSSR count). The number of ether oxygens (including phenoxy) is 5. The van der Waals surface area contributed by atoms with Crippen LogP contribution >= 0.6 is 0 Å². The third-order valence-electron chi connectivity index (χ3n) is 11.4. The van der Waals surface area contributed by atoms with Gasteiger partial charge in [-0.2, -0.15) is 0 Å². The molecule has 61 heavy (non-hydrogen) atoms. The lowest BCUT2D eigenvalue weighted by Gasteiger charge is -2.46. The van der Waals surface area contributed by atoms with Gasteiger partial charge in [0.2, 0.25) is 5.91 Å². The summed E-state index contributed by atoms with van der Waals surface area (Å²) < 4.78 is 28.2. The van der Waals surface area contributed by atoms with Crippen LogP contribution in [0.1, 0.15) is 51.6 Å². The minimum atomic E-state index is -2.18. The van der Waals surface area contributed by atoms with Gasteiger partial charge in [-0.15, -0.1) is 0 Å². The topological polar surface area (TPSA) is 161 Å². The summed E-state index contributed by atoms with van der Waals surface area (Å²) in [7, 11) is 3.00. The number of carboxylic acids is 1. The van der Waals surface area contributed by atoms with Gasteiger partial charge in [0.1, 0.15) is 48.2 Å². The molecular weight excluding hydrogens is 781 g/mol. The predicted molar refractivity (Wildman–Crippen MR) is 221 cm³/mol. The number of morpholine rings is 1. The number of rotatable bonds is 11. The van der Waals surface area contributed by atoms with Crippen molar-refractivity contribution in [2.75, 3.05) is 45.5 Å². The van der Waals surface area contributed by atoms with E-state index in [4.69, 9.17) is 23.7 Å². The van der Waals surface area contributed by atoms with Gasteiger partial charge in [0, 0.05) is 18.2 Å². The summed E-state index contributed by atoms with van der Waals surface area (Å²) in [6.07, 6.45) is -2.00. The van der Waals surface area contributed by atoms with Crippen LogP contribution in [0.2, 0.25) is 0 Å². The van der Waals surface area contributed by atoms with E-state index in [0.717, 1.165) is 4.90 Å². The van der Waals surface area contributed by atoms with Crippen molar-refractivity contribution >= 4 is 29.6 Å². The van der Waals surface area contributed by atoms with Crippen molar-refractivity contribution in [3.05, 3.63) is 161 Å². The normalized spacial score (nSPS) is 22.7. The number of amides is 2. The van der Waals surface area contributed by atoms with E-state index < -0.39 is 59.5 Å². The highest BCUT2D eigenvalue weighted by Gasteiger charge is 2.76. The number of carbonyl (C=O) groups is 4. The van der Waals surface area contributed by atoms with E-state index in [1.54, 1.807) is 78.7 Å². The van der Waals surface area contributed by atoms with E-state index in [9.17, 15) is 24.6 Å². The molecule has 13 nitrogen and oxygen atoms in total. The Morgan fingerprint density at radius 1 is 0.738 bits per heavy atom. The lowest BCUT2D eigenvalue weighted by molar-refractivity contribution is -0.179. The van der Waals surface area contributed by atoms with Crippen LogP contribution < -0.4 is 14.4 Å². The van der Waals surface area contributed by atoms with Gasteiger partial charge in [-0.1, -0.05) is 84.6 Å². The summed E-state index contributed by atoms with van der Waals surface area (Å²) in [4.78, 5) is 61.7. The molecule has 3 aliphatic heterocycles. The standard InChI is InChI=1S/C48H42N2O11/c1-57-26-27-60-47(56)49-38-23-20-31(17-16-30-18-21-35(58-2)22-19-30)28-37(38)48(46(49)55)39(44(52)53)41-45(54)61-42(33-12-7-4-8-13-33)40(32-10-5-3-6-11-32)50(41)43(48)34-14-9-15-36(29-34)59-25-24-51/h3-15,18-23,28-29,39-43,51H,24-27H2,1-2H3,(H,52,53)/t39-,40-,41-,42+,43+,48-/m0/s1. The molecule has 3 heterocycles. The molecule has 2 fully saturated rings. The van der Waals surface area contributed by atoms with E-state index in [1.807, 2.05) is 60.7 Å². The van der Waals surface area contributed by atoms with Crippen LogP contribution in [-0.2, 0) is 34.0 Å². The number of esters is 1. The average Bonchev–Trinajstić information content (AvgIpc) is 3.75. The van der Waals surface area contributed by atoms with Gasteiger partial charge < -0.3 is 33.9 Å². The Bertz CT molecular complexity index is 2500. The molecule has 2 saturated heterocycles. The Labute approximate surface area is 352 Å². The maximum atomic E-state index is 15.9. The van der Waals surface area contributed by atoms with E-state index in [1.165, 1.54) is 7.11 Å². The van der Waals surface area contributed by atoms with Crippen molar-refractivity contribution in [2.45, 2.75) is 29.6 Å². The summed E-state index contributed by atoms with van der Waals surface area (Å²) in [5, 5.41) is 21.2. The number of hydrogen-bond donors (Lipinski definition) is 2. The number of carbonyl (C=O) groups excluding carboxylic acids is 3. The van der Waals surface area contributed by atoms with Gasteiger partial charge in [-0.3, -0.25) is 19.3 Å². The maximum Gasteiger partial charge on any atom is 0.421 e. The number of benzene rings is 5. The molecule has 5 aromatic carbocycles. The molecule has 0 bridgehead atoms. The number of fused-ring (bicyclic) bond motifs is 3. The molecule has 13 heteroatoms. The highest BCUT2D eigenvalue weighted by Crippen LogP contribution is 2.66. The highest BCUT2D eigenvalue weighted by molar-refractivity contribution is 6.23. The van der Waals surface area contributed by atoms with E-state index in [2.05, 4.69) is 11.8 Å². The Morgan fingerprint density at radius 3 is 2.08 bits per heavy atom. The maximum absolute atomic E-state index is 15.9. The number of carboxylic acid groups (broad SMARTS) is 1. The number of aliphatic hydroxyl groups is 1. The lowest BCUT2D eigenvalue weighted by atomic mass is 9.65. The number of anilines is 1. The van der Waals surface area contributed by atoms with Crippen molar-refractivity contribution in [3.63, 3.8) is 0 Å². The van der Waals surface area contributed by atoms with Gasteiger partial charge in [0.25, 0.3) is 0 Å². The fraction of sp³-hybridized carbons (Fsp3) is 0.250. The molecule has 0 unspecified atom stereocenters. The highest BCUT2D eigenvalue weighted by atomic mass is 16.6. The van der Waals surface area contributed by atoms with Crippen molar-refractivity contribution < 1.29 is 53.1 Å². The molecule has 2 N–H and O–H groups in total. The Kier molecular flexibility index (Phi) is 11.6. The molecule has 0 aliphatic carbocycles. The summed E-state index contributed by atoms with van der Waals surface area (Å²) in [6.45, 7) is -0.482. The van der Waals surface area contributed by atoms with Gasteiger partial charge >= 0.3 is 18.0 Å². The molecular formula is C48H42N2O11. The zero-order valence-electron chi connectivity index (χ0n) is 33.3. The number of imide groups is 1. The second-order valence-corrected chi connectivity index (χ2v) is 14.7. The summed E-state index contributed by atoms with van der Waals surface area (Å²) >= 11 is 0. The first kappa shape index (κ1) is 40.8. The first-order valence-electron chi connectivity index (χ1n) is 19.7. The molecule has 2 amide bonds. The van der Waals surface area contributed by atoms with Gasteiger partial charge in [-0.25, -0.2) is 9.69 Å². The van der Waals surface area contributed by atoms with Crippen molar-refractivity contribution in [1.29, 1.82) is 0 Å². The van der Waals surface area contributed by atoms with Crippen LogP contribution in [0, 0.1) is 17.8 Å². The lowest BCUT2D eigenvalue weighted by Crippen LogP contribution is -2.53. The zero-order valence-corrected chi connectivity index (χ0v) is 33.3. The Hall–Kier alpha value is -6.98. The molecule has 0 saturated carbocycles. The van der Waals surface area contributed by atoms with Gasteiger partial charge in [-0.05, 0) is 76.9 Å². The monoisotopic (exact) mass is 822 g/mol. The van der Waals surface area contributed by atoms with E-state index >= 15 is 4.79 Å². The van der Waals surface area contributed by atoms with Crippen LogP contribution in [0.15, 0.2) is 127 Å². The summed E-state index contributed by atoms with van der Waals surface area (Å²) in [5.41, 5.74) is 0.874. The molecule has 5 aromatic rings. The minimum Gasteiger partial charge on any atom is -0.497 e. The number of nitrogens with zero attached hydrogens (tertiary/aromatic N) is 2. The summed E-state index contributed by atoms with van der Waals surface area (Å²) in [6, 6.07) is 33.4. The molecule has 3 aliphatic rings. The third-order valence-corrected chi connectivity index (χ3v) is 11.4. The second-order valence-electron chi connectivity index (χ2n) is 14.7. The smallest absolute Gasteiger partial charge is 0.421 e. The molecule has 310 valence electrons. The van der Waals surface area contributed by atoms with Crippen molar-refractivity contribution in [3.8, 4) is 23.3 Å². The van der Waals surface area contributed by atoms with Crippen LogP contribution in [0.5, 0.6) is 11.5 Å². The predicted octanol–water partition coefficient (Wildman–Crippen LogP) is 6.00. The van der Waals surface area contributed by atoms with Crippen LogP contribution in [0.3, 0.4) is 0 Å². The Morgan fingerprint density at radius 2 is 1.41 bits per heavy atom. The minimum absolute atomic E-state index is 0.0357. The number of cyclic esters (lactones) is 1. The number of aliphatic hydroxyl groups excluding tert-OH is 1.